The van der Waals surface area contributed by atoms with E-state index in [2.05, 4.69) is 41.3 Å². The molecule has 0 spiro atoms. The molecule has 1 aromatic carbocycles. The number of carbonyl (C=O) groups is 1. The van der Waals surface area contributed by atoms with Crippen LogP contribution in [0.25, 0.3) is 0 Å². The molecule has 0 unspecified atom stereocenters. The molecule has 2 rings (SSSR count). The molecule has 1 aromatic heterocycles. The van der Waals surface area contributed by atoms with E-state index in [1.165, 1.54) is 0 Å². The van der Waals surface area contributed by atoms with Crippen LogP contribution in [0.3, 0.4) is 0 Å². The van der Waals surface area contributed by atoms with Crippen molar-refractivity contribution >= 4 is 33.5 Å². The smallest absolute Gasteiger partial charge is 0.174 e. The summed E-state index contributed by atoms with van der Waals surface area (Å²) in [5, 5.41) is 0. The lowest BCUT2D eigenvalue weighted by Gasteiger charge is -2.13. The molecule has 2 nitrogen and oxygen atoms in total. The Morgan fingerprint density at radius 3 is 2.38 bits per heavy atom. The van der Waals surface area contributed by atoms with Crippen molar-refractivity contribution in [2.24, 2.45) is 0 Å². The quantitative estimate of drug-likeness (QED) is 0.520. The second-order valence-corrected chi connectivity index (χ2v) is 7.38. The Bertz CT molecular complexity index is 644. The molecule has 0 aliphatic carbocycles. The van der Waals surface area contributed by atoms with Crippen LogP contribution in [-0.4, -0.2) is 16.1 Å². The molecule has 0 saturated heterocycles. The van der Waals surface area contributed by atoms with Crippen LogP contribution in [-0.2, 0) is 0 Å². The van der Waals surface area contributed by atoms with Gasteiger partial charge in [-0.2, -0.15) is 0 Å². The summed E-state index contributed by atoms with van der Waals surface area (Å²) in [6, 6.07) is 10.4. The van der Waals surface area contributed by atoms with Crippen LogP contribution >= 0.6 is 27.7 Å². The minimum absolute atomic E-state index is 0.197. The van der Waals surface area contributed by atoms with Crippen LogP contribution in [0.5, 0.6) is 0 Å². The first-order valence-corrected chi connectivity index (χ1v) is 8.78. The van der Waals surface area contributed by atoms with Gasteiger partial charge in [-0.15, -0.1) is 11.8 Å². The lowest BCUT2D eigenvalue weighted by atomic mass is 10.2. The SMILES string of the molecule is Cc1cc(C(=O)CSc2ccc(Br)cc2)c(C)n1C(C)C. The number of thioether (sulfide) groups is 1. The van der Waals surface area contributed by atoms with E-state index in [9.17, 15) is 4.79 Å². The highest BCUT2D eigenvalue weighted by Crippen LogP contribution is 2.25. The Kier molecular flexibility index (Phi) is 5.33. The van der Waals surface area contributed by atoms with Gasteiger partial charge in [0, 0.05) is 32.4 Å². The van der Waals surface area contributed by atoms with Crippen LogP contribution in [0, 0.1) is 13.8 Å². The van der Waals surface area contributed by atoms with E-state index in [1.54, 1.807) is 11.8 Å². The summed E-state index contributed by atoms with van der Waals surface area (Å²) in [5.41, 5.74) is 3.08. The van der Waals surface area contributed by atoms with E-state index in [-0.39, 0.29) is 5.78 Å². The number of aryl methyl sites for hydroxylation is 1. The van der Waals surface area contributed by atoms with Crippen molar-refractivity contribution in [1.29, 1.82) is 0 Å². The highest BCUT2D eigenvalue weighted by Gasteiger charge is 2.17. The first-order valence-electron chi connectivity index (χ1n) is 7.00. The summed E-state index contributed by atoms with van der Waals surface area (Å²) < 4.78 is 3.27. The van der Waals surface area contributed by atoms with E-state index in [0.717, 1.165) is 26.3 Å². The van der Waals surface area contributed by atoms with Crippen molar-refractivity contribution in [2.45, 2.75) is 38.6 Å². The van der Waals surface area contributed by atoms with E-state index >= 15 is 0 Å². The van der Waals surface area contributed by atoms with Crippen molar-refractivity contribution in [1.82, 2.24) is 4.57 Å². The molecule has 0 bridgehead atoms. The first kappa shape index (κ1) is 16.4. The van der Waals surface area contributed by atoms with Crippen LogP contribution in [0.2, 0.25) is 0 Å². The van der Waals surface area contributed by atoms with Gasteiger partial charge in [0.1, 0.15) is 0 Å². The zero-order chi connectivity index (χ0) is 15.6. The third-order valence-electron chi connectivity index (χ3n) is 3.48. The molecule has 0 radical (unpaired) electrons. The fourth-order valence-electron chi connectivity index (χ4n) is 2.61. The second kappa shape index (κ2) is 6.84. The van der Waals surface area contributed by atoms with Crippen molar-refractivity contribution in [2.75, 3.05) is 5.75 Å². The van der Waals surface area contributed by atoms with Gasteiger partial charge in [-0.3, -0.25) is 4.79 Å². The van der Waals surface area contributed by atoms with E-state index in [0.29, 0.717) is 11.8 Å². The zero-order valence-corrected chi connectivity index (χ0v) is 15.2. The molecule has 4 heteroatoms. The highest BCUT2D eigenvalue weighted by atomic mass is 79.9. The predicted molar refractivity (Wildman–Crippen MR) is 93.5 cm³/mol. The van der Waals surface area contributed by atoms with Gasteiger partial charge in [0.15, 0.2) is 5.78 Å². The lowest BCUT2D eigenvalue weighted by molar-refractivity contribution is 0.102. The van der Waals surface area contributed by atoms with Crippen LogP contribution in [0.4, 0.5) is 0 Å². The number of hydrogen-bond acceptors (Lipinski definition) is 2. The number of rotatable bonds is 5. The van der Waals surface area contributed by atoms with Crippen molar-refractivity contribution in [3.8, 4) is 0 Å². The number of ketones is 1. The number of hydrogen-bond donors (Lipinski definition) is 0. The minimum atomic E-state index is 0.197. The molecule has 0 N–H and O–H groups in total. The van der Waals surface area contributed by atoms with Crippen molar-refractivity contribution < 1.29 is 4.79 Å². The van der Waals surface area contributed by atoms with E-state index in [4.69, 9.17) is 0 Å². The Balaban J connectivity index is 2.10. The lowest BCUT2D eigenvalue weighted by Crippen LogP contribution is -2.08. The maximum atomic E-state index is 12.5. The van der Waals surface area contributed by atoms with E-state index < -0.39 is 0 Å². The molecule has 0 saturated carbocycles. The Morgan fingerprint density at radius 2 is 1.86 bits per heavy atom. The number of nitrogens with zero attached hydrogens (tertiary/aromatic N) is 1. The highest BCUT2D eigenvalue weighted by molar-refractivity contribution is 9.10. The normalized spacial score (nSPS) is 11.1. The third-order valence-corrected chi connectivity index (χ3v) is 5.03. The number of carbonyl (C=O) groups excluding carboxylic acids is 1. The molecule has 1 heterocycles. The van der Waals surface area contributed by atoms with Crippen molar-refractivity contribution in [3.05, 3.63) is 51.8 Å². The molecule has 0 fully saturated rings. The van der Waals surface area contributed by atoms with Crippen LogP contribution in [0.15, 0.2) is 39.7 Å². The molecule has 0 aliphatic heterocycles. The van der Waals surface area contributed by atoms with Gasteiger partial charge >= 0.3 is 0 Å². The van der Waals surface area contributed by atoms with Gasteiger partial charge in [-0.05, 0) is 58.0 Å². The van der Waals surface area contributed by atoms with Gasteiger partial charge in [0.25, 0.3) is 0 Å². The Labute approximate surface area is 139 Å². The molecule has 21 heavy (non-hydrogen) atoms. The summed E-state index contributed by atoms with van der Waals surface area (Å²) in [6.45, 7) is 8.38. The summed E-state index contributed by atoms with van der Waals surface area (Å²) in [7, 11) is 0. The Hall–Kier alpha value is -1.00. The maximum absolute atomic E-state index is 12.5. The van der Waals surface area contributed by atoms with Gasteiger partial charge in [0.2, 0.25) is 0 Å². The Morgan fingerprint density at radius 1 is 1.24 bits per heavy atom. The molecule has 0 atom stereocenters. The first-order chi connectivity index (χ1) is 9.90. The van der Waals surface area contributed by atoms with Crippen LogP contribution in [0.1, 0.15) is 41.6 Å². The average Bonchev–Trinajstić information content (AvgIpc) is 2.73. The minimum Gasteiger partial charge on any atom is -0.346 e. The number of Topliss-reactive ketones (excluding diaryl/α,β-unsaturated/α-hetero) is 1. The largest absolute Gasteiger partial charge is 0.346 e. The van der Waals surface area contributed by atoms with Gasteiger partial charge in [-0.25, -0.2) is 0 Å². The number of aromatic nitrogens is 1. The molecular weight excluding hydrogens is 346 g/mol. The molecule has 0 aliphatic rings. The maximum Gasteiger partial charge on any atom is 0.174 e. The summed E-state index contributed by atoms with van der Waals surface area (Å²) in [6.07, 6.45) is 0. The summed E-state index contributed by atoms with van der Waals surface area (Å²) >= 11 is 5.00. The molecule has 2 aromatic rings. The molecule has 0 amide bonds. The second-order valence-electron chi connectivity index (χ2n) is 5.41. The fourth-order valence-corrected chi connectivity index (χ4v) is 3.66. The van der Waals surface area contributed by atoms with Gasteiger partial charge in [-0.1, -0.05) is 15.9 Å². The van der Waals surface area contributed by atoms with Gasteiger partial charge < -0.3 is 4.57 Å². The van der Waals surface area contributed by atoms with E-state index in [1.807, 2.05) is 37.3 Å². The van der Waals surface area contributed by atoms with Crippen LogP contribution < -0.4 is 0 Å². The number of halogens is 1. The standard InChI is InChI=1S/C17H20BrNOS/c1-11(2)19-12(3)9-16(13(19)4)17(20)10-21-15-7-5-14(18)6-8-15/h5-9,11H,10H2,1-4H3. The predicted octanol–water partition coefficient (Wildman–Crippen LogP) is 5.42. The molecule has 112 valence electrons. The molecular formula is C17H20BrNOS. The van der Waals surface area contributed by atoms with Crippen molar-refractivity contribution in [3.63, 3.8) is 0 Å². The van der Waals surface area contributed by atoms with Gasteiger partial charge in [0.05, 0.1) is 5.75 Å². The fraction of sp³-hybridized carbons (Fsp3) is 0.353. The number of benzene rings is 1. The topological polar surface area (TPSA) is 22.0 Å². The monoisotopic (exact) mass is 365 g/mol. The summed E-state index contributed by atoms with van der Waals surface area (Å²) in [5.74, 6) is 0.673. The zero-order valence-electron chi connectivity index (χ0n) is 12.8. The average molecular weight is 366 g/mol. The third kappa shape index (κ3) is 3.80. The summed E-state index contributed by atoms with van der Waals surface area (Å²) in [4.78, 5) is 13.6.